The van der Waals surface area contributed by atoms with Crippen LogP contribution in [0, 0.1) is 0 Å². The van der Waals surface area contributed by atoms with E-state index in [0.717, 1.165) is 17.0 Å². The molecule has 1 heterocycles. The summed E-state index contributed by atoms with van der Waals surface area (Å²) >= 11 is 0. The summed E-state index contributed by atoms with van der Waals surface area (Å²) in [6.45, 7) is 21.0. The molecular weight excluding hydrogens is 218 g/mol. The summed E-state index contributed by atoms with van der Waals surface area (Å²) in [5.74, 6) is 0. The highest BCUT2D eigenvalue weighted by atomic mass is 14.7. The Hall–Kier alpha value is -1.11. The van der Waals surface area contributed by atoms with Gasteiger partial charge in [-0.25, -0.2) is 0 Å². The van der Waals surface area contributed by atoms with Gasteiger partial charge in [-0.1, -0.05) is 68.0 Å². The molecule has 0 bridgehead atoms. The lowest BCUT2D eigenvalue weighted by molar-refractivity contribution is 0.531. The summed E-state index contributed by atoms with van der Waals surface area (Å²) < 4.78 is 0. The molecule has 102 valence electrons. The number of nitrogens with zero attached hydrogens (tertiary/aromatic N) is 1. The van der Waals surface area contributed by atoms with Gasteiger partial charge in [-0.15, -0.1) is 0 Å². The minimum atomic E-state index is 0.0824. The fourth-order valence-electron chi connectivity index (χ4n) is 1.44. The first-order chi connectivity index (χ1) is 8.14. The number of hydrogen-bond donors (Lipinski definition) is 0. The van der Waals surface area contributed by atoms with E-state index < -0.39 is 0 Å². The van der Waals surface area contributed by atoms with E-state index in [1.165, 1.54) is 0 Å². The molecule has 0 saturated carbocycles. The Balaban J connectivity index is 0.00000137. The van der Waals surface area contributed by atoms with Crippen LogP contribution in [-0.2, 0) is 10.8 Å². The summed E-state index contributed by atoms with van der Waals surface area (Å²) in [7, 11) is 0. The molecule has 0 aliphatic heterocycles. The van der Waals surface area contributed by atoms with Crippen molar-refractivity contribution in [3.8, 4) is 0 Å². The van der Waals surface area contributed by atoms with Gasteiger partial charge < -0.3 is 0 Å². The summed E-state index contributed by atoms with van der Waals surface area (Å²) in [4.78, 5) is 4.78. The first kappa shape index (κ1) is 16.9. The minimum absolute atomic E-state index is 0.0824. The first-order valence-electron chi connectivity index (χ1n) is 6.80. The van der Waals surface area contributed by atoms with Crippen LogP contribution >= 0.6 is 0 Å². The van der Waals surface area contributed by atoms with Gasteiger partial charge in [0.1, 0.15) is 0 Å². The Morgan fingerprint density at radius 3 is 1.44 bits per heavy atom. The summed E-state index contributed by atoms with van der Waals surface area (Å²) in [5.41, 5.74) is 3.59. The molecule has 1 aromatic heterocycles. The molecule has 0 spiro atoms. The second-order valence-corrected chi connectivity index (χ2v) is 6.38. The fourth-order valence-corrected chi connectivity index (χ4v) is 1.44. The standard InChI is InChI=1S/C15H23N.C2H6/c1-8-11-9-12(14(2,3)4)16-13(10-11)15(5,6)7;1-2/h8-10H,1H2,2-7H3;1-2H3. The SMILES string of the molecule is C=Cc1cc(C(C)(C)C)nc(C(C)(C)C)c1.CC. The zero-order valence-corrected chi connectivity index (χ0v) is 13.4. The van der Waals surface area contributed by atoms with Gasteiger partial charge in [0.15, 0.2) is 0 Å². The van der Waals surface area contributed by atoms with Gasteiger partial charge in [0, 0.05) is 22.2 Å². The second kappa shape index (κ2) is 6.17. The second-order valence-electron chi connectivity index (χ2n) is 6.38. The smallest absolute Gasteiger partial charge is 0.0466 e. The molecule has 0 unspecified atom stereocenters. The van der Waals surface area contributed by atoms with Crippen LogP contribution in [0.4, 0.5) is 0 Å². The lowest BCUT2D eigenvalue weighted by atomic mass is 9.86. The van der Waals surface area contributed by atoms with Crippen molar-refractivity contribution in [3.63, 3.8) is 0 Å². The van der Waals surface area contributed by atoms with Crippen LogP contribution in [0.3, 0.4) is 0 Å². The van der Waals surface area contributed by atoms with Crippen molar-refractivity contribution >= 4 is 6.08 Å². The van der Waals surface area contributed by atoms with Crippen molar-refractivity contribution in [2.45, 2.75) is 66.2 Å². The molecule has 0 fully saturated rings. The summed E-state index contributed by atoms with van der Waals surface area (Å²) in [5, 5.41) is 0. The Kier molecular flexibility index (Phi) is 5.79. The van der Waals surface area contributed by atoms with Crippen LogP contribution in [0.25, 0.3) is 6.08 Å². The van der Waals surface area contributed by atoms with Crippen molar-refractivity contribution < 1.29 is 0 Å². The molecule has 1 nitrogen and oxygen atoms in total. The zero-order valence-electron chi connectivity index (χ0n) is 13.4. The molecule has 18 heavy (non-hydrogen) atoms. The maximum Gasteiger partial charge on any atom is 0.0466 e. The molecule has 0 atom stereocenters. The predicted molar refractivity (Wildman–Crippen MR) is 83.1 cm³/mol. The van der Waals surface area contributed by atoms with Gasteiger partial charge in [-0.05, 0) is 17.7 Å². The summed E-state index contributed by atoms with van der Waals surface area (Å²) in [6, 6.07) is 4.25. The van der Waals surface area contributed by atoms with Gasteiger partial charge in [0.2, 0.25) is 0 Å². The highest BCUT2D eigenvalue weighted by Crippen LogP contribution is 2.27. The van der Waals surface area contributed by atoms with Crippen LogP contribution in [0.1, 0.15) is 72.3 Å². The van der Waals surface area contributed by atoms with E-state index in [1.54, 1.807) is 0 Å². The highest BCUT2D eigenvalue weighted by Gasteiger charge is 2.21. The van der Waals surface area contributed by atoms with Crippen molar-refractivity contribution in [2.75, 3.05) is 0 Å². The largest absolute Gasteiger partial charge is 0.257 e. The van der Waals surface area contributed by atoms with Crippen molar-refractivity contribution in [3.05, 3.63) is 35.7 Å². The van der Waals surface area contributed by atoms with E-state index in [9.17, 15) is 0 Å². The Morgan fingerprint density at radius 1 is 0.889 bits per heavy atom. The molecule has 0 amide bonds. The minimum Gasteiger partial charge on any atom is -0.257 e. The topological polar surface area (TPSA) is 12.9 Å². The molecule has 1 aromatic rings. The van der Waals surface area contributed by atoms with E-state index in [1.807, 2.05) is 19.9 Å². The number of rotatable bonds is 1. The highest BCUT2D eigenvalue weighted by molar-refractivity contribution is 5.49. The summed E-state index contributed by atoms with van der Waals surface area (Å²) in [6.07, 6.45) is 1.90. The Bertz CT molecular complexity index is 357. The van der Waals surface area contributed by atoms with Gasteiger partial charge in [-0.3, -0.25) is 4.98 Å². The first-order valence-corrected chi connectivity index (χ1v) is 6.80. The maximum absolute atomic E-state index is 4.78. The normalized spacial score (nSPS) is 11.6. The van der Waals surface area contributed by atoms with Crippen LogP contribution in [0.15, 0.2) is 18.7 Å². The van der Waals surface area contributed by atoms with E-state index in [2.05, 4.69) is 60.3 Å². The molecule has 0 aliphatic rings. The van der Waals surface area contributed by atoms with Crippen molar-refractivity contribution in [1.82, 2.24) is 4.98 Å². The third-order valence-corrected chi connectivity index (χ3v) is 2.62. The molecule has 0 aromatic carbocycles. The van der Waals surface area contributed by atoms with Crippen molar-refractivity contribution in [1.29, 1.82) is 0 Å². The Morgan fingerprint density at radius 2 is 1.22 bits per heavy atom. The average Bonchev–Trinajstić information content (AvgIpc) is 2.29. The average molecular weight is 247 g/mol. The third kappa shape index (κ3) is 4.64. The van der Waals surface area contributed by atoms with Gasteiger partial charge in [0.05, 0.1) is 0 Å². The van der Waals surface area contributed by atoms with Gasteiger partial charge in [-0.2, -0.15) is 0 Å². The molecule has 0 saturated heterocycles. The van der Waals surface area contributed by atoms with Gasteiger partial charge in [0.25, 0.3) is 0 Å². The van der Waals surface area contributed by atoms with E-state index in [0.29, 0.717) is 0 Å². The Labute approximate surface area is 113 Å². The number of pyridine rings is 1. The molecule has 0 aliphatic carbocycles. The van der Waals surface area contributed by atoms with Gasteiger partial charge >= 0.3 is 0 Å². The molecular formula is C17H29N. The predicted octanol–water partition coefficient (Wildman–Crippen LogP) is 5.35. The van der Waals surface area contributed by atoms with E-state index in [-0.39, 0.29) is 10.8 Å². The van der Waals surface area contributed by atoms with E-state index >= 15 is 0 Å². The molecule has 1 heteroatoms. The maximum atomic E-state index is 4.78. The van der Waals surface area contributed by atoms with Crippen LogP contribution < -0.4 is 0 Å². The number of hydrogen-bond acceptors (Lipinski definition) is 1. The number of aromatic nitrogens is 1. The molecule has 1 rings (SSSR count). The monoisotopic (exact) mass is 247 g/mol. The fraction of sp³-hybridized carbons (Fsp3) is 0.588. The van der Waals surface area contributed by atoms with Crippen molar-refractivity contribution in [2.24, 2.45) is 0 Å². The third-order valence-electron chi connectivity index (χ3n) is 2.62. The van der Waals surface area contributed by atoms with Crippen LogP contribution in [0.5, 0.6) is 0 Å². The molecule has 0 radical (unpaired) electrons. The zero-order chi connectivity index (χ0) is 14.6. The lowest BCUT2D eigenvalue weighted by Crippen LogP contribution is -2.20. The quantitative estimate of drug-likeness (QED) is 0.652. The van der Waals surface area contributed by atoms with Crippen LogP contribution in [0.2, 0.25) is 0 Å². The molecule has 0 N–H and O–H groups in total. The van der Waals surface area contributed by atoms with Crippen LogP contribution in [-0.4, -0.2) is 4.98 Å². The lowest BCUT2D eigenvalue weighted by Gasteiger charge is -2.24. The van der Waals surface area contributed by atoms with E-state index in [4.69, 9.17) is 4.98 Å².